The maximum absolute atomic E-state index is 12.8. The van der Waals surface area contributed by atoms with Crippen molar-refractivity contribution in [2.24, 2.45) is 17.8 Å². The van der Waals surface area contributed by atoms with Crippen molar-refractivity contribution >= 4 is 5.91 Å². The highest BCUT2D eigenvalue weighted by molar-refractivity contribution is 5.80. The summed E-state index contributed by atoms with van der Waals surface area (Å²) in [7, 11) is 0. The molecule has 0 N–H and O–H groups in total. The Morgan fingerprint density at radius 1 is 1.41 bits per heavy atom. The van der Waals surface area contributed by atoms with Gasteiger partial charge in [0.05, 0.1) is 19.3 Å². The van der Waals surface area contributed by atoms with Crippen LogP contribution in [0.2, 0.25) is 0 Å². The van der Waals surface area contributed by atoms with E-state index in [0.717, 1.165) is 25.1 Å². The van der Waals surface area contributed by atoms with E-state index in [1.807, 2.05) is 22.0 Å². The molecule has 2 heterocycles. The van der Waals surface area contributed by atoms with E-state index in [9.17, 15) is 4.79 Å². The van der Waals surface area contributed by atoms with Gasteiger partial charge in [-0.1, -0.05) is 12.2 Å². The van der Waals surface area contributed by atoms with Crippen molar-refractivity contribution in [3.8, 4) is 0 Å². The highest BCUT2D eigenvalue weighted by Crippen LogP contribution is 2.44. The van der Waals surface area contributed by atoms with Gasteiger partial charge in [0.25, 0.3) is 0 Å². The summed E-state index contributed by atoms with van der Waals surface area (Å²) in [6.07, 6.45) is 10.6. The molecular formula is C17H23N3O2. The zero-order valence-electron chi connectivity index (χ0n) is 13.0. The van der Waals surface area contributed by atoms with Gasteiger partial charge in [0, 0.05) is 30.8 Å². The van der Waals surface area contributed by atoms with Gasteiger partial charge in [-0.05, 0) is 31.6 Å². The van der Waals surface area contributed by atoms with Gasteiger partial charge >= 0.3 is 0 Å². The van der Waals surface area contributed by atoms with E-state index in [-0.39, 0.29) is 12.0 Å². The number of aromatic nitrogens is 2. The molecule has 2 bridgehead atoms. The summed E-state index contributed by atoms with van der Waals surface area (Å²) in [5.74, 6) is 1.64. The quantitative estimate of drug-likeness (QED) is 0.803. The minimum absolute atomic E-state index is 0.0351. The fraction of sp³-hybridized carbons (Fsp3) is 0.647. The number of amides is 1. The maximum atomic E-state index is 12.8. The Kier molecular flexibility index (Phi) is 3.53. The number of hydrogen-bond donors (Lipinski definition) is 0. The van der Waals surface area contributed by atoms with Crippen LogP contribution >= 0.6 is 0 Å². The first kappa shape index (κ1) is 14.0. The number of allylic oxidation sites excluding steroid dienone is 2. The van der Waals surface area contributed by atoms with Crippen molar-refractivity contribution in [3.05, 3.63) is 30.1 Å². The van der Waals surface area contributed by atoms with Crippen molar-refractivity contribution in [3.63, 3.8) is 0 Å². The van der Waals surface area contributed by atoms with Crippen LogP contribution in [-0.4, -0.2) is 40.3 Å². The Hall–Kier alpha value is -1.62. The lowest BCUT2D eigenvalue weighted by molar-refractivity contribution is -0.144. The molecule has 1 aromatic rings. The molecule has 1 amide bonds. The first-order valence-corrected chi connectivity index (χ1v) is 8.35. The predicted molar refractivity (Wildman–Crippen MR) is 82.0 cm³/mol. The number of fused-ring (bicyclic) bond motifs is 2. The maximum Gasteiger partial charge on any atom is 0.226 e. The lowest BCUT2D eigenvalue weighted by Gasteiger charge is -2.35. The topological polar surface area (TPSA) is 47.4 Å². The molecule has 1 saturated carbocycles. The second kappa shape index (κ2) is 5.54. The fourth-order valence-electron chi connectivity index (χ4n) is 4.07. The third-order valence-electron chi connectivity index (χ3n) is 5.32. The molecule has 4 atom stereocenters. The van der Waals surface area contributed by atoms with Crippen LogP contribution in [0.15, 0.2) is 24.5 Å². The number of rotatable bonds is 3. The molecule has 3 aliphatic rings. The van der Waals surface area contributed by atoms with Crippen LogP contribution in [0, 0.1) is 17.8 Å². The molecule has 1 aromatic heterocycles. The van der Waals surface area contributed by atoms with E-state index >= 15 is 0 Å². The molecule has 0 unspecified atom stereocenters. The molecule has 5 heteroatoms. The molecule has 1 aliphatic heterocycles. The van der Waals surface area contributed by atoms with E-state index in [1.165, 1.54) is 6.42 Å². The van der Waals surface area contributed by atoms with E-state index < -0.39 is 0 Å². The monoisotopic (exact) mass is 301 g/mol. The Labute approximate surface area is 130 Å². The van der Waals surface area contributed by atoms with Crippen molar-refractivity contribution < 1.29 is 9.53 Å². The van der Waals surface area contributed by atoms with Gasteiger partial charge in [-0.2, -0.15) is 5.10 Å². The average molecular weight is 301 g/mol. The second-order valence-corrected chi connectivity index (χ2v) is 6.66. The van der Waals surface area contributed by atoms with Crippen molar-refractivity contribution in [1.82, 2.24) is 14.7 Å². The third kappa shape index (κ3) is 2.37. The number of carbonyl (C=O) groups is 1. The summed E-state index contributed by atoms with van der Waals surface area (Å²) in [6, 6.07) is 0. The molecule has 0 radical (unpaired) electrons. The van der Waals surface area contributed by atoms with Gasteiger partial charge in [-0.15, -0.1) is 0 Å². The molecule has 5 nitrogen and oxygen atoms in total. The summed E-state index contributed by atoms with van der Waals surface area (Å²) < 4.78 is 7.77. The van der Waals surface area contributed by atoms with Crippen LogP contribution in [0.3, 0.4) is 0 Å². The number of aryl methyl sites for hydroxylation is 1. The minimum Gasteiger partial charge on any atom is -0.370 e. The van der Waals surface area contributed by atoms with Crippen LogP contribution in [0.5, 0.6) is 0 Å². The van der Waals surface area contributed by atoms with E-state index in [4.69, 9.17) is 4.74 Å². The van der Waals surface area contributed by atoms with Gasteiger partial charge in [0.2, 0.25) is 5.91 Å². The van der Waals surface area contributed by atoms with E-state index in [1.54, 1.807) is 0 Å². The van der Waals surface area contributed by atoms with Gasteiger partial charge < -0.3 is 9.64 Å². The lowest BCUT2D eigenvalue weighted by atomic mass is 9.92. The number of hydrogen-bond acceptors (Lipinski definition) is 3. The SMILES string of the molecule is CCn1cc([C@@H]2CN(C(=O)[C@H]3C[C@H]4C=C[C@H]3C4)CCO2)cn1. The molecule has 22 heavy (non-hydrogen) atoms. The molecule has 2 fully saturated rings. The largest absolute Gasteiger partial charge is 0.370 e. The van der Waals surface area contributed by atoms with E-state index in [2.05, 4.69) is 24.2 Å². The Balaban J connectivity index is 1.44. The molecule has 0 spiro atoms. The zero-order valence-corrected chi connectivity index (χ0v) is 13.0. The van der Waals surface area contributed by atoms with Gasteiger partial charge in [-0.25, -0.2) is 0 Å². The highest BCUT2D eigenvalue weighted by Gasteiger charge is 2.42. The number of nitrogens with zero attached hydrogens (tertiary/aromatic N) is 3. The van der Waals surface area contributed by atoms with Crippen LogP contribution in [-0.2, 0) is 16.1 Å². The Morgan fingerprint density at radius 2 is 2.32 bits per heavy atom. The Morgan fingerprint density at radius 3 is 3.00 bits per heavy atom. The smallest absolute Gasteiger partial charge is 0.226 e. The van der Waals surface area contributed by atoms with Gasteiger partial charge in [0.15, 0.2) is 0 Å². The van der Waals surface area contributed by atoms with E-state index in [0.29, 0.717) is 30.9 Å². The third-order valence-corrected chi connectivity index (χ3v) is 5.32. The zero-order chi connectivity index (χ0) is 15.1. The van der Waals surface area contributed by atoms with Crippen LogP contribution in [0.25, 0.3) is 0 Å². The molecule has 1 saturated heterocycles. The molecule has 0 aromatic carbocycles. The molecule has 118 valence electrons. The number of morpholine rings is 1. The first-order chi connectivity index (χ1) is 10.7. The van der Waals surface area contributed by atoms with Crippen LogP contribution in [0.4, 0.5) is 0 Å². The van der Waals surface area contributed by atoms with Crippen molar-refractivity contribution in [2.45, 2.75) is 32.4 Å². The summed E-state index contributed by atoms with van der Waals surface area (Å²) >= 11 is 0. The molecular weight excluding hydrogens is 278 g/mol. The second-order valence-electron chi connectivity index (χ2n) is 6.66. The van der Waals surface area contributed by atoms with Crippen LogP contribution < -0.4 is 0 Å². The van der Waals surface area contributed by atoms with Crippen molar-refractivity contribution in [2.75, 3.05) is 19.7 Å². The molecule has 4 rings (SSSR count). The molecule has 2 aliphatic carbocycles. The minimum atomic E-state index is -0.0351. The summed E-state index contributed by atoms with van der Waals surface area (Å²) in [4.78, 5) is 14.9. The normalized spacial score (nSPS) is 33.6. The summed E-state index contributed by atoms with van der Waals surface area (Å²) in [6.45, 7) is 4.91. The highest BCUT2D eigenvalue weighted by atomic mass is 16.5. The summed E-state index contributed by atoms with van der Waals surface area (Å²) in [5, 5.41) is 4.31. The number of carbonyl (C=O) groups excluding carboxylic acids is 1. The average Bonchev–Trinajstić information content (AvgIpc) is 3.30. The van der Waals surface area contributed by atoms with Crippen LogP contribution in [0.1, 0.15) is 31.4 Å². The van der Waals surface area contributed by atoms with Crippen molar-refractivity contribution in [1.29, 1.82) is 0 Å². The van der Waals surface area contributed by atoms with Gasteiger partial charge in [0.1, 0.15) is 6.10 Å². The van der Waals surface area contributed by atoms with Gasteiger partial charge in [-0.3, -0.25) is 9.48 Å². The fourth-order valence-corrected chi connectivity index (χ4v) is 4.07. The Bertz CT molecular complexity index is 594. The standard InChI is InChI=1S/C17H23N3O2/c1-2-20-10-14(9-18-20)16-11-19(5-6-22-16)17(21)15-8-12-3-4-13(15)7-12/h3-4,9-10,12-13,15-16H,2,5-8,11H2,1H3/t12-,13-,15-,16-/m0/s1. The lowest BCUT2D eigenvalue weighted by Crippen LogP contribution is -2.45. The first-order valence-electron chi connectivity index (χ1n) is 8.35. The predicted octanol–water partition coefficient (Wildman–Crippen LogP) is 2.02. The summed E-state index contributed by atoms with van der Waals surface area (Å²) in [5.41, 5.74) is 1.08. The number of ether oxygens (including phenoxy) is 1.